The molecule has 0 amide bonds. The molecule has 0 atom stereocenters. The van der Waals surface area contributed by atoms with Crippen LogP contribution in [0.4, 0.5) is 0 Å². The van der Waals surface area contributed by atoms with Crippen LogP contribution in [-0.2, 0) is 19.5 Å². The number of nitrogens with zero attached hydrogens (tertiary/aromatic N) is 1. The van der Waals surface area contributed by atoms with Gasteiger partial charge in [-0.3, -0.25) is 14.7 Å². The third-order valence-electron chi connectivity index (χ3n) is 4.08. The highest BCUT2D eigenvalue weighted by Gasteiger charge is 2.20. The van der Waals surface area contributed by atoms with Gasteiger partial charge in [0.1, 0.15) is 11.5 Å². The molecule has 7 heteroatoms. The third kappa shape index (κ3) is 3.30. The number of nitrogens with one attached hydrogen (secondary N) is 2. The zero-order valence-electron chi connectivity index (χ0n) is 13.1. The molecule has 6 nitrogen and oxygen atoms in total. The van der Waals surface area contributed by atoms with Crippen molar-refractivity contribution < 1.29 is 9.47 Å². The van der Waals surface area contributed by atoms with Crippen LogP contribution in [0.3, 0.4) is 0 Å². The molecule has 0 saturated heterocycles. The van der Waals surface area contributed by atoms with Crippen LogP contribution in [-0.4, -0.2) is 35.6 Å². The van der Waals surface area contributed by atoms with Gasteiger partial charge in [0.2, 0.25) is 0 Å². The molecule has 1 aromatic carbocycles. The molecule has 1 aliphatic heterocycles. The molecule has 0 fully saturated rings. The fourth-order valence-corrected chi connectivity index (χ4v) is 3.09. The normalized spacial score (nSPS) is 14.3. The summed E-state index contributed by atoms with van der Waals surface area (Å²) in [6.07, 6.45) is 0.779. The summed E-state index contributed by atoms with van der Waals surface area (Å²) < 4.78 is 11.1. The van der Waals surface area contributed by atoms with Gasteiger partial charge in [-0.2, -0.15) is 0 Å². The van der Waals surface area contributed by atoms with E-state index in [9.17, 15) is 4.79 Å². The Morgan fingerprint density at radius 1 is 1.26 bits per heavy atom. The van der Waals surface area contributed by atoms with Crippen molar-refractivity contribution in [2.24, 2.45) is 0 Å². The Labute approximate surface area is 139 Å². The number of fused-ring (bicyclic) bond motifs is 1. The number of benzene rings is 1. The maximum atomic E-state index is 12.1. The summed E-state index contributed by atoms with van der Waals surface area (Å²) >= 11 is 5.02. The van der Waals surface area contributed by atoms with Gasteiger partial charge in [-0.15, -0.1) is 0 Å². The topological polar surface area (TPSA) is 70.3 Å². The average molecular weight is 333 g/mol. The molecule has 1 aromatic heterocycles. The van der Waals surface area contributed by atoms with Crippen LogP contribution < -0.4 is 15.0 Å². The number of methoxy groups -OCH3 is 2. The van der Waals surface area contributed by atoms with E-state index < -0.39 is 0 Å². The van der Waals surface area contributed by atoms with Crippen LogP contribution in [0.5, 0.6) is 11.5 Å². The molecule has 0 unspecified atom stereocenters. The highest BCUT2D eigenvalue weighted by atomic mass is 32.1. The monoisotopic (exact) mass is 333 g/mol. The lowest BCUT2D eigenvalue weighted by molar-refractivity contribution is 0.237. The molecule has 0 radical (unpaired) electrons. The van der Waals surface area contributed by atoms with Gasteiger partial charge in [-0.1, -0.05) is 6.07 Å². The number of aromatic amines is 2. The Morgan fingerprint density at radius 3 is 2.83 bits per heavy atom. The minimum Gasteiger partial charge on any atom is -0.497 e. The second-order valence-electron chi connectivity index (χ2n) is 5.50. The van der Waals surface area contributed by atoms with Crippen molar-refractivity contribution in [1.29, 1.82) is 0 Å². The standard InChI is InChI=1S/C16H19N3O3S/c1-21-11-4-3-10(14(7-11)22-2)8-19-6-5-13-12(9-19)15(20)18-16(23)17-13/h3-4,7H,5-6,8-9H2,1-2H3,(H2,17,18,20,23). The van der Waals surface area contributed by atoms with Crippen molar-refractivity contribution in [3.05, 3.63) is 50.1 Å². The lowest BCUT2D eigenvalue weighted by atomic mass is 10.1. The molecule has 2 N–H and O–H groups in total. The predicted molar refractivity (Wildman–Crippen MR) is 89.6 cm³/mol. The van der Waals surface area contributed by atoms with Crippen LogP contribution in [0.1, 0.15) is 16.8 Å². The minimum absolute atomic E-state index is 0.102. The van der Waals surface area contributed by atoms with Crippen molar-refractivity contribution in [2.75, 3.05) is 20.8 Å². The highest BCUT2D eigenvalue weighted by Crippen LogP contribution is 2.27. The zero-order valence-corrected chi connectivity index (χ0v) is 14.0. The van der Waals surface area contributed by atoms with Gasteiger partial charge in [0.15, 0.2) is 4.77 Å². The van der Waals surface area contributed by atoms with E-state index in [4.69, 9.17) is 21.7 Å². The molecule has 2 aromatic rings. The van der Waals surface area contributed by atoms with E-state index in [1.54, 1.807) is 14.2 Å². The summed E-state index contributed by atoms with van der Waals surface area (Å²) in [6, 6.07) is 5.78. The fraction of sp³-hybridized carbons (Fsp3) is 0.375. The third-order valence-corrected chi connectivity index (χ3v) is 4.28. The van der Waals surface area contributed by atoms with Crippen molar-refractivity contribution in [3.63, 3.8) is 0 Å². The summed E-state index contributed by atoms with van der Waals surface area (Å²) in [7, 11) is 3.28. The SMILES string of the molecule is COc1ccc(CN2CCc3[nH]c(=S)[nH]c(=O)c3C2)c(OC)c1. The Bertz CT molecular complexity index is 828. The molecule has 122 valence electrons. The molecule has 0 aliphatic carbocycles. The Kier molecular flexibility index (Phi) is 4.49. The summed E-state index contributed by atoms with van der Waals surface area (Å²) in [4.78, 5) is 20.0. The molecule has 0 saturated carbocycles. The van der Waals surface area contributed by atoms with E-state index in [1.807, 2.05) is 18.2 Å². The van der Waals surface area contributed by atoms with Gasteiger partial charge in [-0.25, -0.2) is 0 Å². The fourth-order valence-electron chi connectivity index (χ4n) is 2.87. The Hall–Kier alpha value is -2.12. The van der Waals surface area contributed by atoms with Crippen LogP contribution in [0.2, 0.25) is 0 Å². The van der Waals surface area contributed by atoms with Crippen molar-refractivity contribution >= 4 is 12.2 Å². The molecule has 3 rings (SSSR count). The molecule has 23 heavy (non-hydrogen) atoms. The summed E-state index contributed by atoms with van der Waals surface area (Å²) in [5.41, 5.74) is 2.67. The number of hydrogen-bond acceptors (Lipinski definition) is 5. The van der Waals surface area contributed by atoms with Gasteiger partial charge in [-0.05, 0) is 18.3 Å². The number of hydrogen-bond donors (Lipinski definition) is 2. The summed E-state index contributed by atoms with van der Waals surface area (Å²) in [5.74, 6) is 1.55. The van der Waals surface area contributed by atoms with Gasteiger partial charge in [0, 0.05) is 43.4 Å². The maximum absolute atomic E-state index is 12.1. The van der Waals surface area contributed by atoms with Gasteiger partial charge >= 0.3 is 0 Å². The summed E-state index contributed by atoms with van der Waals surface area (Å²) in [6.45, 7) is 2.16. The van der Waals surface area contributed by atoms with Crippen molar-refractivity contribution in [1.82, 2.24) is 14.9 Å². The van der Waals surface area contributed by atoms with Crippen molar-refractivity contribution in [3.8, 4) is 11.5 Å². The van der Waals surface area contributed by atoms with Crippen LogP contribution >= 0.6 is 12.2 Å². The van der Waals surface area contributed by atoms with E-state index in [-0.39, 0.29) is 5.56 Å². The van der Waals surface area contributed by atoms with Crippen LogP contribution in [0, 0.1) is 4.77 Å². The van der Waals surface area contributed by atoms with Gasteiger partial charge in [0.25, 0.3) is 5.56 Å². The number of H-pyrrole nitrogens is 2. The van der Waals surface area contributed by atoms with Crippen LogP contribution in [0.25, 0.3) is 0 Å². The number of ether oxygens (including phenoxy) is 2. The lowest BCUT2D eigenvalue weighted by Crippen LogP contribution is -2.35. The van der Waals surface area contributed by atoms with E-state index in [2.05, 4.69) is 14.9 Å². The quantitative estimate of drug-likeness (QED) is 0.838. The van der Waals surface area contributed by atoms with Gasteiger partial charge < -0.3 is 14.5 Å². The first kappa shape index (κ1) is 15.8. The van der Waals surface area contributed by atoms with E-state index in [0.29, 0.717) is 17.9 Å². The molecule has 1 aliphatic rings. The molecular formula is C16H19N3O3S. The Balaban J connectivity index is 1.83. The van der Waals surface area contributed by atoms with Crippen LogP contribution in [0.15, 0.2) is 23.0 Å². The second-order valence-corrected chi connectivity index (χ2v) is 5.91. The Morgan fingerprint density at radius 2 is 2.09 bits per heavy atom. The average Bonchev–Trinajstić information content (AvgIpc) is 2.55. The molecule has 0 spiro atoms. The maximum Gasteiger partial charge on any atom is 0.256 e. The van der Waals surface area contributed by atoms with E-state index >= 15 is 0 Å². The number of rotatable bonds is 4. The first-order valence-electron chi connectivity index (χ1n) is 7.38. The van der Waals surface area contributed by atoms with E-state index in [0.717, 1.165) is 41.3 Å². The first-order chi connectivity index (χ1) is 11.1. The molecule has 0 bridgehead atoms. The lowest BCUT2D eigenvalue weighted by Gasteiger charge is -2.28. The molecular weight excluding hydrogens is 314 g/mol. The van der Waals surface area contributed by atoms with Crippen molar-refractivity contribution in [2.45, 2.75) is 19.5 Å². The summed E-state index contributed by atoms with van der Waals surface area (Å²) in [5, 5.41) is 0. The van der Waals surface area contributed by atoms with Gasteiger partial charge in [0.05, 0.1) is 19.8 Å². The largest absolute Gasteiger partial charge is 0.497 e. The minimum atomic E-state index is -0.102. The molecule has 2 heterocycles. The highest BCUT2D eigenvalue weighted by molar-refractivity contribution is 7.71. The predicted octanol–water partition coefficient (Wildman–Crippen LogP) is 2.01. The number of aromatic nitrogens is 2. The smallest absolute Gasteiger partial charge is 0.256 e. The first-order valence-corrected chi connectivity index (χ1v) is 7.79. The zero-order chi connectivity index (χ0) is 16.4. The van der Waals surface area contributed by atoms with E-state index in [1.165, 1.54) is 0 Å². The second kappa shape index (κ2) is 6.55.